The Morgan fingerprint density at radius 2 is 0.968 bits per heavy atom. The Kier molecular flexibility index (Phi) is 9.25. The van der Waals surface area contributed by atoms with Gasteiger partial charge >= 0.3 is 0 Å². The molecule has 0 amide bonds. The first kappa shape index (κ1) is 24.6. The van der Waals surface area contributed by atoms with E-state index < -0.39 is 16.1 Å². The smallest absolute Gasteiger partial charge is 0.129 e. The molecule has 2 nitrogen and oxygen atoms in total. The highest BCUT2D eigenvalue weighted by atomic mass is 28.3. The Bertz CT molecular complexity index is 927. The fraction of sp³-hybridized carbons (Fsp3) is 0.333. The number of hydrogen-bond acceptors (Lipinski definition) is 2. The Morgan fingerprint density at radius 1 is 0.613 bits per heavy atom. The number of benzene rings is 2. The van der Waals surface area contributed by atoms with Gasteiger partial charge in [-0.3, -0.25) is 9.98 Å². The molecule has 2 aromatic carbocycles. The minimum absolute atomic E-state index is 0.778. The molecular weight excluding hydrogens is 408 g/mol. The van der Waals surface area contributed by atoms with E-state index in [-0.39, 0.29) is 0 Å². The molecule has 0 fully saturated rings. The van der Waals surface area contributed by atoms with Crippen molar-refractivity contribution in [1.82, 2.24) is 0 Å². The van der Waals surface area contributed by atoms with Crippen LogP contribution in [0.15, 0.2) is 58.5 Å². The van der Waals surface area contributed by atoms with Crippen LogP contribution in [0.4, 0.5) is 0 Å². The molecule has 0 radical (unpaired) electrons. The maximum Gasteiger partial charge on any atom is 0.129 e. The first-order valence-corrected chi connectivity index (χ1v) is 17.9. The molecule has 0 unspecified atom stereocenters. The lowest BCUT2D eigenvalue weighted by Gasteiger charge is -2.03. The highest BCUT2D eigenvalue weighted by molar-refractivity contribution is 6.84. The molecule has 0 aliphatic rings. The van der Waals surface area contributed by atoms with Crippen LogP contribution in [-0.2, 0) is 0 Å². The molecule has 0 atom stereocenters. The Morgan fingerprint density at radius 3 is 1.29 bits per heavy atom. The van der Waals surface area contributed by atoms with Crippen molar-refractivity contribution < 1.29 is 0 Å². The van der Waals surface area contributed by atoms with E-state index in [2.05, 4.69) is 121 Å². The van der Waals surface area contributed by atoms with Crippen molar-refractivity contribution in [2.45, 2.75) is 45.7 Å². The third-order valence-electron chi connectivity index (χ3n) is 4.04. The molecule has 0 aliphatic heterocycles. The van der Waals surface area contributed by atoms with Gasteiger partial charge in [-0.1, -0.05) is 75.4 Å². The van der Waals surface area contributed by atoms with E-state index >= 15 is 0 Å². The highest BCUT2D eigenvalue weighted by Crippen LogP contribution is 2.05. The zero-order valence-corrected chi connectivity index (χ0v) is 21.8. The average molecular weight is 443 g/mol. The largest absolute Gasteiger partial charge is 0.292 e. The lowest BCUT2D eigenvalue weighted by atomic mass is 10.1. The normalized spacial score (nSPS) is 11.8. The standard InChI is InChI=1S/C27H34N2Si2/c1-30(2,3)20-16-24-8-12-26(13-9-24)22-28-18-7-19-29-23-27-14-10-25(11-15-27)17-21-31(4,5)6/h8-15,22-23H,7,18-19H2,1-6H3. The number of rotatable bonds is 6. The third-order valence-corrected chi connectivity index (χ3v) is 5.79. The molecule has 0 aliphatic carbocycles. The highest BCUT2D eigenvalue weighted by Gasteiger charge is 2.07. The molecule has 0 saturated heterocycles. The fourth-order valence-corrected chi connectivity index (χ4v) is 3.46. The summed E-state index contributed by atoms with van der Waals surface area (Å²) in [5, 5.41) is 0. The van der Waals surface area contributed by atoms with E-state index in [9.17, 15) is 0 Å². The predicted molar refractivity (Wildman–Crippen MR) is 143 cm³/mol. The third kappa shape index (κ3) is 11.3. The van der Waals surface area contributed by atoms with Gasteiger partial charge < -0.3 is 0 Å². The lowest BCUT2D eigenvalue weighted by Crippen LogP contribution is -2.16. The molecule has 31 heavy (non-hydrogen) atoms. The van der Waals surface area contributed by atoms with E-state index in [0.29, 0.717) is 0 Å². The van der Waals surface area contributed by atoms with E-state index in [0.717, 1.165) is 41.8 Å². The molecular formula is C27H34N2Si2. The Hall–Kier alpha value is -2.67. The molecule has 2 aromatic rings. The fourth-order valence-electron chi connectivity index (χ4n) is 2.42. The maximum atomic E-state index is 4.51. The number of nitrogens with zero attached hydrogens (tertiary/aromatic N) is 2. The second-order valence-corrected chi connectivity index (χ2v) is 19.2. The maximum absolute atomic E-state index is 4.51. The summed E-state index contributed by atoms with van der Waals surface area (Å²) in [4.78, 5) is 9.03. The van der Waals surface area contributed by atoms with Crippen molar-refractivity contribution in [3.8, 4) is 22.9 Å². The van der Waals surface area contributed by atoms with Gasteiger partial charge in [-0.05, 0) is 41.8 Å². The van der Waals surface area contributed by atoms with Gasteiger partial charge in [0, 0.05) is 36.6 Å². The van der Waals surface area contributed by atoms with E-state index in [1.807, 2.05) is 12.4 Å². The first-order chi connectivity index (χ1) is 14.6. The van der Waals surface area contributed by atoms with Gasteiger partial charge in [0.1, 0.15) is 16.1 Å². The van der Waals surface area contributed by atoms with E-state index in [1.54, 1.807) is 0 Å². The van der Waals surface area contributed by atoms with Gasteiger partial charge in [0.15, 0.2) is 0 Å². The van der Waals surface area contributed by atoms with Crippen molar-refractivity contribution in [1.29, 1.82) is 0 Å². The molecule has 0 saturated carbocycles. The minimum atomic E-state index is -1.33. The van der Waals surface area contributed by atoms with Crippen LogP contribution in [0, 0.1) is 22.9 Å². The van der Waals surface area contributed by atoms with Gasteiger partial charge in [-0.2, -0.15) is 0 Å². The SMILES string of the molecule is C[Si](C)(C)C#Cc1ccc(C=NCCCN=Cc2ccc(C#C[Si](C)(C)C)cc2)cc1. The molecule has 0 aromatic heterocycles. The second-order valence-electron chi connectivity index (χ2n) is 9.67. The van der Waals surface area contributed by atoms with Gasteiger partial charge in [0.2, 0.25) is 0 Å². The summed E-state index contributed by atoms with van der Waals surface area (Å²) in [6.45, 7) is 15.1. The lowest BCUT2D eigenvalue weighted by molar-refractivity contribution is 0.851. The average Bonchev–Trinajstić information content (AvgIpc) is 2.70. The Labute approximate surface area is 191 Å². The van der Waals surface area contributed by atoms with Crippen LogP contribution in [0.2, 0.25) is 39.3 Å². The summed E-state index contributed by atoms with van der Waals surface area (Å²) in [6.07, 6.45) is 4.80. The molecule has 2 rings (SSSR count). The van der Waals surface area contributed by atoms with Crippen molar-refractivity contribution in [2.24, 2.45) is 9.98 Å². The predicted octanol–water partition coefficient (Wildman–Crippen LogP) is 6.07. The van der Waals surface area contributed by atoms with Gasteiger partial charge in [0.05, 0.1) is 0 Å². The van der Waals surface area contributed by atoms with Crippen LogP contribution < -0.4 is 0 Å². The monoisotopic (exact) mass is 442 g/mol. The van der Waals surface area contributed by atoms with Crippen molar-refractivity contribution in [3.05, 3.63) is 70.8 Å². The molecule has 0 spiro atoms. The topological polar surface area (TPSA) is 24.7 Å². The summed E-state index contributed by atoms with van der Waals surface area (Å²) in [5.41, 5.74) is 11.2. The molecule has 0 N–H and O–H groups in total. The van der Waals surface area contributed by atoms with Crippen LogP contribution >= 0.6 is 0 Å². The van der Waals surface area contributed by atoms with Crippen LogP contribution in [0.1, 0.15) is 28.7 Å². The quantitative estimate of drug-likeness (QED) is 0.224. The summed E-state index contributed by atoms with van der Waals surface area (Å²) in [6, 6.07) is 16.6. The molecule has 0 heterocycles. The first-order valence-electron chi connectivity index (χ1n) is 10.9. The van der Waals surface area contributed by atoms with E-state index in [4.69, 9.17) is 0 Å². The van der Waals surface area contributed by atoms with Gasteiger partial charge in [-0.25, -0.2) is 0 Å². The van der Waals surface area contributed by atoms with Crippen LogP contribution in [0.3, 0.4) is 0 Å². The zero-order valence-electron chi connectivity index (χ0n) is 19.8. The summed E-state index contributed by atoms with van der Waals surface area (Å²) < 4.78 is 0. The zero-order chi connectivity index (χ0) is 22.7. The number of aliphatic imine (C=N–C) groups is 2. The Balaban J connectivity index is 1.74. The van der Waals surface area contributed by atoms with Crippen molar-refractivity contribution in [3.63, 3.8) is 0 Å². The second kappa shape index (κ2) is 11.7. The summed E-state index contributed by atoms with van der Waals surface area (Å²) in [5.74, 6) is 6.55. The van der Waals surface area contributed by atoms with Crippen LogP contribution in [0.25, 0.3) is 0 Å². The van der Waals surface area contributed by atoms with Crippen molar-refractivity contribution >= 4 is 28.6 Å². The van der Waals surface area contributed by atoms with Crippen LogP contribution in [-0.4, -0.2) is 41.7 Å². The minimum Gasteiger partial charge on any atom is -0.292 e. The van der Waals surface area contributed by atoms with E-state index in [1.165, 1.54) is 0 Å². The van der Waals surface area contributed by atoms with Crippen molar-refractivity contribution in [2.75, 3.05) is 13.1 Å². The molecule has 4 heteroatoms. The molecule has 0 bridgehead atoms. The summed E-state index contributed by atoms with van der Waals surface area (Å²) in [7, 11) is -2.66. The van der Waals surface area contributed by atoms with Crippen LogP contribution in [0.5, 0.6) is 0 Å². The summed E-state index contributed by atoms with van der Waals surface area (Å²) >= 11 is 0. The van der Waals surface area contributed by atoms with Gasteiger partial charge in [-0.15, -0.1) is 11.1 Å². The molecule has 160 valence electrons. The van der Waals surface area contributed by atoms with Gasteiger partial charge in [0.25, 0.3) is 0 Å². The number of hydrogen-bond donors (Lipinski definition) is 0.